The van der Waals surface area contributed by atoms with E-state index in [9.17, 15) is 4.79 Å². The van der Waals surface area contributed by atoms with Crippen molar-refractivity contribution in [1.82, 2.24) is 10.3 Å². The summed E-state index contributed by atoms with van der Waals surface area (Å²) in [5.41, 5.74) is 5.29. The molecule has 0 radical (unpaired) electrons. The third-order valence-corrected chi connectivity index (χ3v) is 5.26. The van der Waals surface area contributed by atoms with Crippen molar-refractivity contribution < 1.29 is 4.79 Å². The molecule has 0 spiro atoms. The molecule has 4 aromatic rings. The largest absolute Gasteiger partial charge is 0.348 e. The SMILES string of the molecule is CC.CCC.O=C(NCc1ccccc1)c1c(CBr)c(-c2ccccc2)nc2ccccc12. The average molecular weight is 506 g/mol. The summed E-state index contributed by atoms with van der Waals surface area (Å²) in [6.07, 6.45) is 1.25. The predicted molar refractivity (Wildman–Crippen MR) is 145 cm³/mol. The maximum Gasteiger partial charge on any atom is 0.252 e. The highest BCUT2D eigenvalue weighted by molar-refractivity contribution is 9.08. The number of halogens is 1. The van der Waals surface area contributed by atoms with Gasteiger partial charge in [0, 0.05) is 28.4 Å². The Kier molecular flexibility index (Phi) is 11.3. The molecule has 0 saturated heterocycles. The first kappa shape index (κ1) is 26.3. The summed E-state index contributed by atoms with van der Waals surface area (Å²) in [5.74, 6) is -0.0888. The van der Waals surface area contributed by atoms with Crippen LogP contribution in [0.2, 0.25) is 0 Å². The van der Waals surface area contributed by atoms with Crippen LogP contribution in [0.1, 0.15) is 55.6 Å². The molecule has 0 bridgehead atoms. The van der Waals surface area contributed by atoms with Crippen molar-refractivity contribution in [3.05, 3.63) is 102 Å². The zero-order valence-corrected chi connectivity index (χ0v) is 21.5. The van der Waals surface area contributed by atoms with Crippen LogP contribution in [-0.2, 0) is 11.9 Å². The molecule has 0 aliphatic heterocycles. The number of alkyl halides is 1. The highest BCUT2D eigenvalue weighted by Crippen LogP contribution is 2.31. The smallest absolute Gasteiger partial charge is 0.252 e. The maximum absolute atomic E-state index is 13.2. The molecule has 0 atom stereocenters. The first-order valence-electron chi connectivity index (χ1n) is 11.5. The number of carbonyl (C=O) groups is 1. The van der Waals surface area contributed by atoms with Gasteiger partial charge in [-0.3, -0.25) is 4.79 Å². The van der Waals surface area contributed by atoms with E-state index in [4.69, 9.17) is 4.98 Å². The van der Waals surface area contributed by atoms with Gasteiger partial charge < -0.3 is 5.32 Å². The number of benzene rings is 3. The minimum Gasteiger partial charge on any atom is -0.348 e. The maximum atomic E-state index is 13.2. The second-order valence-corrected chi connectivity index (χ2v) is 7.77. The minimum atomic E-state index is -0.0888. The van der Waals surface area contributed by atoms with Gasteiger partial charge in [-0.1, -0.05) is 129 Å². The van der Waals surface area contributed by atoms with Crippen molar-refractivity contribution in [3.8, 4) is 11.3 Å². The number of carbonyl (C=O) groups excluding carboxylic acids is 1. The molecule has 1 N–H and O–H groups in total. The molecular formula is C29H33BrN2O. The van der Waals surface area contributed by atoms with E-state index in [-0.39, 0.29) is 5.91 Å². The standard InChI is InChI=1S/C24H19BrN2O.C3H8.C2H6/c25-15-20-22(24(28)26-16-17-9-3-1-4-10-17)19-13-7-8-14-21(19)27-23(20)18-11-5-2-6-12-18;1-3-2;1-2/h1-14H,15-16H2,(H,26,28);3H2,1-2H3;1-2H3. The number of fused-ring (bicyclic) bond motifs is 1. The molecule has 3 aromatic carbocycles. The van der Waals surface area contributed by atoms with Gasteiger partial charge in [0.15, 0.2) is 0 Å². The number of hydrogen-bond donors (Lipinski definition) is 1. The first-order chi connectivity index (χ1) is 16.2. The summed E-state index contributed by atoms with van der Waals surface area (Å²) >= 11 is 3.59. The summed E-state index contributed by atoms with van der Waals surface area (Å²) in [6, 6.07) is 27.7. The van der Waals surface area contributed by atoms with Gasteiger partial charge in [0.2, 0.25) is 0 Å². The van der Waals surface area contributed by atoms with Crippen LogP contribution in [0.4, 0.5) is 0 Å². The molecule has 1 amide bonds. The number of para-hydroxylation sites is 1. The molecule has 4 rings (SSSR count). The zero-order valence-electron chi connectivity index (χ0n) is 19.9. The van der Waals surface area contributed by atoms with Gasteiger partial charge >= 0.3 is 0 Å². The fourth-order valence-electron chi connectivity index (χ4n) is 3.34. The lowest BCUT2D eigenvalue weighted by Gasteiger charge is -2.16. The summed E-state index contributed by atoms with van der Waals surface area (Å²) in [5, 5.41) is 4.48. The molecule has 3 nitrogen and oxygen atoms in total. The molecule has 0 unspecified atom stereocenters. The molecule has 33 heavy (non-hydrogen) atoms. The fraction of sp³-hybridized carbons (Fsp3) is 0.241. The Morgan fingerprint density at radius 3 is 2.00 bits per heavy atom. The Bertz CT molecular complexity index is 1130. The van der Waals surface area contributed by atoms with Crippen LogP contribution >= 0.6 is 15.9 Å². The van der Waals surface area contributed by atoms with Crippen LogP contribution in [0, 0.1) is 0 Å². The third kappa shape index (κ3) is 7.00. The Morgan fingerprint density at radius 1 is 0.848 bits per heavy atom. The van der Waals surface area contributed by atoms with Crippen LogP contribution in [0.25, 0.3) is 22.2 Å². The van der Waals surface area contributed by atoms with E-state index < -0.39 is 0 Å². The second kappa shape index (κ2) is 14.2. The van der Waals surface area contributed by atoms with Crippen LogP contribution in [-0.4, -0.2) is 10.9 Å². The number of amides is 1. The minimum absolute atomic E-state index is 0.0888. The topological polar surface area (TPSA) is 42.0 Å². The molecule has 0 fully saturated rings. The van der Waals surface area contributed by atoms with Crippen molar-refractivity contribution >= 4 is 32.7 Å². The van der Waals surface area contributed by atoms with Gasteiger partial charge in [0.05, 0.1) is 16.8 Å². The van der Waals surface area contributed by atoms with E-state index in [1.807, 2.05) is 98.8 Å². The molecule has 172 valence electrons. The Hall–Kier alpha value is -2.98. The normalized spacial score (nSPS) is 9.85. The lowest BCUT2D eigenvalue weighted by Crippen LogP contribution is -2.24. The summed E-state index contributed by atoms with van der Waals surface area (Å²) in [6.45, 7) is 8.73. The molecule has 0 aliphatic rings. The van der Waals surface area contributed by atoms with Crippen LogP contribution in [0.3, 0.4) is 0 Å². The molecule has 0 saturated carbocycles. The number of nitrogens with zero attached hydrogens (tertiary/aromatic N) is 1. The second-order valence-electron chi connectivity index (χ2n) is 7.21. The van der Waals surface area contributed by atoms with Gasteiger partial charge in [-0.2, -0.15) is 0 Å². The van der Waals surface area contributed by atoms with Gasteiger partial charge in [-0.25, -0.2) is 4.98 Å². The van der Waals surface area contributed by atoms with E-state index in [1.54, 1.807) is 0 Å². The summed E-state index contributed by atoms with van der Waals surface area (Å²) < 4.78 is 0. The number of aromatic nitrogens is 1. The molecule has 1 heterocycles. The number of hydrogen-bond acceptors (Lipinski definition) is 2. The Balaban J connectivity index is 0.000000714. The van der Waals surface area contributed by atoms with Gasteiger partial charge in [0.1, 0.15) is 0 Å². The predicted octanol–water partition coefficient (Wildman–Crippen LogP) is 8.17. The fourth-order valence-corrected chi connectivity index (χ4v) is 3.89. The van der Waals surface area contributed by atoms with Gasteiger partial charge in [0.25, 0.3) is 5.91 Å². The highest BCUT2D eigenvalue weighted by atomic mass is 79.9. The van der Waals surface area contributed by atoms with E-state index in [0.29, 0.717) is 17.4 Å². The summed E-state index contributed by atoms with van der Waals surface area (Å²) in [4.78, 5) is 18.1. The average Bonchev–Trinajstić information content (AvgIpc) is 2.89. The lowest BCUT2D eigenvalue weighted by molar-refractivity contribution is 0.0952. The van der Waals surface area contributed by atoms with Crippen LogP contribution in [0.5, 0.6) is 0 Å². The van der Waals surface area contributed by atoms with E-state index in [0.717, 1.165) is 33.3 Å². The first-order valence-corrected chi connectivity index (χ1v) is 12.7. The number of pyridine rings is 1. The van der Waals surface area contributed by atoms with Crippen molar-refractivity contribution in [2.75, 3.05) is 0 Å². The Morgan fingerprint density at radius 2 is 1.39 bits per heavy atom. The van der Waals surface area contributed by atoms with E-state index >= 15 is 0 Å². The molecule has 1 aromatic heterocycles. The number of nitrogens with one attached hydrogen (secondary N) is 1. The van der Waals surface area contributed by atoms with Crippen molar-refractivity contribution in [1.29, 1.82) is 0 Å². The van der Waals surface area contributed by atoms with Gasteiger partial charge in [-0.05, 0) is 11.6 Å². The molecule has 4 heteroatoms. The molecule has 0 aliphatic carbocycles. The highest BCUT2D eigenvalue weighted by Gasteiger charge is 2.20. The summed E-state index contributed by atoms with van der Waals surface area (Å²) in [7, 11) is 0. The van der Waals surface area contributed by atoms with Gasteiger partial charge in [-0.15, -0.1) is 0 Å². The molecular weight excluding hydrogens is 472 g/mol. The third-order valence-electron chi connectivity index (χ3n) is 4.70. The van der Waals surface area contributed by atoms with Crippen molar-refractivity contribution in [2.45, 2.75) is 46.0 Å². The number of rotatable bonds is 5. The lowest BCUT2D eigenvalue weighted by atomic mass is 9.97. The monoisotopic (exact) mass is 504 g/mol. The van der Waals surface area contributed by atoms with Crippen molar-refractivity contribution in [3.63, 3.8) is 0 Å². The van der Waals surface area contributed by atoms with E-state index in [1.165, 1.54) is 6.42 Å². The zero-order chi connectivity index (χ0) is 24.1. The van der Waals surface area contributed by atoms with Crippen LogP contribution < -0.4 is 5.32 Å². The van der Waals surface area contributed by atoms with Crippen LogP contribution in [0.15, 0.2) is 84.9 Å². The quantitative estimate of drug-likeness (QED) is 0.278. The van der Waals surface area contributed by atoms with E-state index in [2.05, 4.69) is 35.1 Å². The Labute approximate surface area is 206 Å². The van der Waals surface area contributed by atoms with Crippen molar-refractivity contribution in [2.24, 2.45) is 0 Å².